The van der Waals surface area contributed by atoms with Crippen LogP contribution in [0.25, 0.3) is 0 Å². The lowest BCUT2D eigenvalue weighted by Gasteiger charge is -2.13. The van der Waals surface area contributed by atoms with E-state index in [1.54, 1.807) is 0 Å². The zero-order valence-corrected chi connectivity index (χ0v) is 13.8. The van der Waals surface area contributed by atoms with Crippen LogP contribution in [0.3, 0.4) is 0 Å². The molecule has 0 saturated heterocycles. The Balaban J connectivity index is 2.01. The zero-order valence-electron chi connectivity index (χ0n) is 12.9. The van der Waals surface area contributed by atoms with Crippen molar-refractivity contribution in [1.29, 1.82) is 0 Å². The van der Waals surface area contributed by atoms with E-state index >= 15 is 0 Å². The Labute approximate surface area is 124 Å². The minimum atomic E-state index is -0.0102. The van der Waals surface area contributed by atoms with E-state index in [-0.39, 0.29) is 5.41 Å². The molecule has 0 aliphatic carbocycles. The minimum absolute atomic E-state index is 0.0102. The molecule has 1 N–H and O–H groups in total. The minimum Gasteiger partial charge on any atom is -0.361 e. The molecule has 0 aliphatic heterocycles. The SMILES string of the molecule is Cc1noc(C)c1C(C)CNc1nc(C(C)(C)C)ns1. The first-order valence-corrected chi connectivity index (χ1v) is 7.57. The third kappa shape index (κ3) is 3.17. The van der Waals surface area contributed by atoms with Crippen molar-refractivity contribution >= 4 is 16.7 Å². The van der Waals surface area contributed by atoms with Crippen LogP contribution in [0.1, 0.15) is 56.5 Å². The van der Waals surface area contributed by atoms with E-state index in [0.29, 0.717) is 5.92 Å². The molecule has 110 valence electrons. The van der Waals surface area contributed by atoms with Crippen molar-refractivity contribution in [3.05, 3.63) is 22.8 Å². The first-order chi connectivity index (χ1) is 9.29. The molecule has 1 unspecified atom stereocenters. The number of rotatable bonds is 4. The largest absolute Gasteiger partial charge is 0.361 e. The predicted molar refractivity (Wildman–Crippen MR) is 81.5 cm³/mol. The maximum atomic E-state index is 5.21. The number of nitrogens with one attached hydrogen (secondary N) is 1. The summed E-state index contributed by atoms with van der Waals surface area (Å²) < 4.78 is 9.61. The summed E-state index contributed by atoms with van der Waals surface area (Å²) in [6.07, 6.45) is 0. The topological polar surface area (TPSA) is 63.8 Å². The molecule has 1 atom stereocenters. The lowest BCUT2D eigenvalue weighted by Crippen LogP contribution is -2.14. The van der Waals surface area contributed by atoms with Gasteiger partial charge >= 0.3 is 0 Å². The van der Waals surface area contributed by atoms with Gasteiger partial charge in [-0.15, -0.1) is 0 Å². The van der Waals surface area contributed by atoms with Crippen molar-refractivity contribution in [2.24, 2.45) is 0 Å². The Morgan fingerprint density at radius 3 is 2.50 bits per heavy atom. The molecule has 20 heavy (non-hydrogen) atoms. The first kappa shape index (κ1) is 15.0. The lowest BCUT2D eigenvalue weighted by atomic mass is 9.96. The third-order valence-electron chi connectivity index (χ3n) is 3.24. The maximum absolute atomic E-state index is 5.21. The summed E-state index contributed by atoms with van der Waals surface area (Å²) >= 11 is 1.41. The number of anilines is 1. The highest BCUT2D eigenvalue weighted by atomic mass is 32.1. The van der Waals surface area contributed by atoms with Crippen molar-refractivity contribution in [1.82, 2.24) is 14.5 Å². The quantitative estimate of drug-likeness (QED) is 0.932. The van der Waals surface area contributed by atoms with E-state index in [4.69, 9.17) is 4.52 Å². The van der Waals surface area contributed by atoms with Crippen molar-refractivity contribution in [3.63, 3.8) is 0 Å². The second kappa shape index (κ2) is 5.52. The van der Waals surface area contributed by atoms with Crippen LogP contribution < -0.4 is 5.32 Å². The van der Waals surface area contributed by atoms with E-state index in [1.165, 1.54) is 17.1 Å². The average Bonchev–Trinajstić information content (AvgIpc) is 2.93. The van der Waals surface area contributed by atoms with Crippen LogP contribution in [0.15, 0.2) is 4.52 Å². The van der Waals surface area contributed by atoms with Gasteiger partial charge in [0.2, 0.25) is 5.13 Å². The average molecular weight is 294 g/mol. The fourth-order valence-electron chi connectivity index (χ4n) is 2.14. The molecule has 2 aromatic rings. The van der Waals surface area contributed by atoms with Gasteiger partial charge in [0.15, 0.2) is 0 Å². The Morgan fingerprint density at radius 1 is 1.30 bits per heavy atom. The summed E-state index contributed by atoms with van der Waals surface area (Å²) in [4.78, 5) is 4.54. The van der Waals surface area contributed by atoms with Gasteiger partial charge in [-0.3, -0.25) is 0 Å². The van der Waals surface area contributed by atoms with Crippen LogP contribution in [-0.2, 0) is 5.41 Å². The molecule has 0 aliphatic rings. The molecule has 0 spiro atoms. The van der Waals surface area contributed by atoms with Crippen molar-refractivity contribution < 1.29 is 4.52 Å². The van der Waals surface area contributed by atoms with Crippen LogP contribution in [0.2, 0.25) is 0 Å². The normalized spacial score (nSPS) is 13.5. The Morgan fingerprint density at radius 2 is 2.00 bits per heavy atom. The van der Waals surface area contributed by atoms with E-state index in [0.717, 1.165) is 29.0 Å². The number of nitrogens with zero attached hydrogens (tertiary/aromatic N) is 3. The first-order valence-electron chi connectivity index (χ1n) is 6.80. The van der Waals surface area contributed by atoms with Crippen LogP contribution >= 0.6 is 11.5 Å². The van der Waals surface area contributed by atoms with Crippen LogP contribution in [-0.4, -0.2) is 21.1 Å². The number of aromatic nitrogens is 3. The summed E-state index contributed by atoms with van der Waals surface area (Å²) in [5, 5.41) is 8.22. The summed E-state index contributed by atoms with van der Waals surface area (Å²) in [7, 11) is 0. The Bertz CT molecular complexity index is 563. The molecule has 0 radical (unpaired) electrons. The molecule has 2 rings (SSSR count). The molecule has 0 bridgehead atoms. The van der Waals surface area contributed by atoms with Gasteiger partial charge < -0.3 is 9.84 Å². The summed E-state index contributed by atoms with van der Waals surface area (Å²) in [5.74, 6) is 2.10. The fourth-order valence-corrected chi connectivity index (χ4v) is 2.90. The Hall–Kier alpha value is -1.43. The summed E-state index contributed by atoms with van der Waals surface area (Å²) in [5.41, 5.74) is 2.13. The van der Waals surface area contributed by atoms with Crippen molar-refractivity contribution in [2.45, 2.75) is 52.9 Å². The third-order valence-corrected chi connectivity index (χ3v) is 3.91. The van der Waals surface area contributed by atoms with E-state index < -0.39 is 0 Å². The fraction of sp³-hybridized carbons (Fsp3) is 0.643. The second-order valence-electron chi connectivity index (χ2n) is 6.19. The molecular formula is C14H22N4OS. The van der Waals surface area contributed by atoms with Crippen LogP contribution in [0, 0.1) is 13.8 Å². The van der Waals surface area contributed by atoms with Gasteiger partial charge in [0.25, 0.3) is 0 Å². The lowest BCUT2D eigenvalue weighted by molar-refractivity contribution is 0.391. The monoisotopic (exact) mass is 294 g/mol. The van der Waals surface area contributed by atoms with Gasteiger partial charge in [0, 0.05) is 35.0 Å². The summed E-state index contributed by atoms with van der Waals surface area (Å²) in [6.45, 7) is 13.2. The predicted octanol–water partition coefficient (Wildman–Crippen LogP) is 3.66. The van der Waals surface area contributed by atoms with Gasteiger partial charge in [-0.1, -0.05) is 32.9 Å². The summed E-state index contributed by atoms with van der Waals surface area (Å²) in [6, 6.07) is 0. The zero-order chi connectivity index (χ0) is 14.9. The van der Waals surface area contributed by atoms with Crippen LogP contribution in [0.5, 0.6) is 0 Å². The second-order valence-corrected chi connectivity index (χ2v) is 6.94. The highest BCUT2D eigenvalue weighted by Gasteiger charge is 2.20. The molecule has 6 heteroatoms. The number of hydrogen-bond acceptors (Lipinski definition) is 6. The molecule has 0 aromatic carbocycles. The number of aryl methyl sites for hydroxylation is 2. The van der Waals surface area contributed by atoms with Gasteiger partial charge in [-0.25, -0.2) is 4.98 Å². The smallest absolute Gasteiger partial charge is 0.202 e. The molecular weight excluding hydrogens is 272 g/mol. The molecule has 2 aromatic heterocycles. The molecule has 0 amide bonds. The molecule has 2 heterocycles. The van der Waals surface area contributed by atoms with Crippen molar-refractivity contribution in [2.75, 3.05) is 11.9 Å². The molecule has 0 saturated carbocycles. The van der Waals surface area contributed by atoms with Gasteiger partial charge in [0.05, 0.1) is 5.69 Å². The highest BCUT2D eigenvalue weighted by molar-refractivity contribution is 7.09. The standard InChI is InChI=1S/C14H22N4OS/c1-8(11-9(2)17-19-10(11)3)7-15-13-16-12(18-20-13)14(4,5)6/h8H,7H2,1-6H3,(H,15,16,18). The Kier molecular flexibility index (Phi) is 4.13. The molecule has 0 fully saturated rings. The van der Waals surface area contributed by atoms with E-state index in [1.807, 2.05) is 13.8 Å². The molecule has 5 nitrogen and oxygen atoms in total. The van der Waals surface area contributed by atoms with Gasteiger partial charge in [-0.05, 0) is 13.8 Å². The maximum Gasteiger partial charge on any atom is 0.202 e. The van der Waals surface area contributed by atoms with Crippen molar-refractivity contribution in [3.8, 4) is 0 Å². The van der Waals surface area contributed by atoms with Gasteiger partial charge in [-0.2, -0.15) is 4.37 Å². The van der Waals surface area contributed by atoms with Crippen LogP contribution in [0.4, 0.5) is 5.13 Å². The number of hydrogen-bond donors (Lipinski definition) is 1. The van der Waals surface area contributed by atoms with E-state index in [9.17, 15) is 0 Å². The van der Waals surface area contributed by atoms with E-state index in [2.05, 4.69) is 47.5 Å². The highest BCUT2D eigenvalue weighted by Crippen LogP contribution is 2.26. The van der Waals surface area contributed by atoms with Gasteiger partial charge in [0.1, 0.15) is 11.6 Å².